The van der Waals surface area contributed by atoms with E-state index >= 15 is 0 Å². The summed E-state index contributed by atoms with van der Waals surface area (Å²) in [5, 5.41) is 2.71. The summed E-state index contributed by atoms with van der Waals surface area (Å²) in [6.07, 6.45) is 0. The number of piperazine rings is 1. The lowest BCUT2D eigenvalue weighted by Crippen LogP contribution is -2.48. The van der Waals surface area contributed by atoms with Gasteiger partial charge in [-0.2, -0.15) is 0 Å². The largest absolute Gasteiger partial charge is 0.325 e. The van der Waals surface area contributed by atoms with Crippen molar-refractivity contribution in [3.8, 4) is 0 Å². The number of nitrogens with one attached hydrogen (secondary N) is 1. The number of nitrogens with zero attached hydrogens (tertiary/aromatic N) is 2. The molecule has 0 bridgehead atoms. The van der Waals surface area contributed by atoms with Crippen molar-refractivity contribution in [2.24, 2.45) is 0 Å². The second kappa shape index (κ2) is 8.58. The molecule has 0 spiro atoms. The number of halogens is 3. The lowest BCUT2D eigenvalue weighted by atomic mass is 10.2. The Hall–Kier alpha value is -2.02. The molecule has 1 amide bonds. The molecule has 1 aliphatic heterocycles. The van der Waals surface area contributed by atoms with Gasteiger partial charge in [0.1, 0.15) is 11.6 Å². The van der Waals surface area contributed by atoms with Crippen molar-refractivity contribution >= 4 is 23.2 Å². The van der Waals surface area contributed by atoms with Crippen molar-refractivity contribution in [3.05, 3.63) is 64.7 Å². The van der Waals surface area contributed by atoms with Gasteiger partial charge in [0.25, 0.3) is 0 Å². The zero-order valence-corrected chi connectivity index (χ0v) is 15.0. The summed E-state index contributed by atoms with van der Waals surface area (Å²) in [5.74, 6) is -0.899. The SMILES string of the molecule is O=C(CN1CCN(Cc2cccc(F)c2)CC1)Nc1ccc(F)c(Cl)c1. The van der Waals surface area contributed by atoms with Crippen molar-refractivity contribution in [1.82, 2.24) is 9.80 Å². The minimum absolute atomic E-state index is 0.0197. The minimum atomic E-state index is -0.515. The monoisotopic (exact) mass is 379 g/mol. The number of benzene rings is 2. The van der Waals surface area contributed by atoms with E-state index in [4.69, 9.17) is 11.6 Å². The molecule has 0 unspecified atom stereocenters. The molecule has 7 heteroatoms. The second-order valence-electron chi connectivity index (χ2n) is 6.36. The Kier molecular flexibility index (Phi) is 6.19. The molecule has 2 aromatic rings. The van der Waals surface area contributed by atoms with Gasteiger partial charge in [0, 0.05) is 38.4 Å². The zero-order chi connectivity index (χ0) is 18.5. The summed E-state index contributed by atoms with van der Waals surface area (Å²) >= 11 is 5.72. The maximum Gasteiger partial charge on any atom is 0.238 e. The second-order valence-corrected chi connectivity index (χ2v) is 6.77. The van der Waals surface area contributed by atoms with E-state index in [1.165, 1.54) is 24.3 Å². The summed E-state index contributed by atoms with van der Waals surface area (Å²) in [4.78, 5) is 16.4. The zero-order valence-electron chi connectivity index (χ0n) is 14.2. The molecule has 2 aromatic carbocycles. The first-order valence-electron chi connectivity index (χ1n) is 8.43. The number of anilines is 1. The Labute approximate surface area is 156 Å². The third-order valence-electron chi connectivity index (χ3n) is 4.33. The van der Waals surface area contributed by atoms with Gasteiger partial charge in [-0.3, -0.25) is 14.6 Å². The van der Waals surface area contributed by atoms with Gasteiger partial charge < -0.3 is 5.32 Å². The summed E-state index contributed by atoms with van der Waals surface area (Å²) in [7, 11) is 0. The van der Waals surface area contributed by atoms with E-state index in [0.717, 1.165) is 31.7 Å². The molecule has 0 aromatic heterocycles. The standard InChI is InChI=1S/C19H20ClF2N3O/c20-17-11-16(4-5-18(17)22)23-19(26)13-25-8-6-24(7-9-25)12-14-2-1-3-15(21)10-14/h1-5,10-11H,6-9,12-13H2,(H,23,26). The van der Waals surface area contributed by atoms with Crippen LogP contribution in [0.1, 0.15) is 5.56 Å². The van der Waals surface area contributed by atoms with Crippen LogP contribution in [0.5, 0.6) is 0 Å². The van der Waals surface area contributed by atoms with Crippen LogP contribution in [0.15, 0.2) is 42.5 Å². The van der Waals surface area contributed by atoms with Gasteiger partial charge in [-0.25, -0.2) is 8.78 Å². The van der Waals surface area contributed by atoms with Gasteiger partial charge in [-0.05, 0) is 35.9 Å². The molecule has 26 heavy (non-hydrogen) atoms. The molecular formula is C19H20ClF2N3O. The first-order valence-corrected chi connectivity index (χ1v) is 8.81. The maximum atomic E-state index is 13.3. The average molecular weight is 380 g/mol. The summed E-state index contributed by atoms with van der Waals surface area (Å²) in [5.41, 5.74) is 1.43. The lowest BCUT2D eigenvalue weighted by molar-refractivity contribution is -0.117. The number of hydrogen-bond acceptors (Lipinski definition) is 3. The predicted octanol–water partition coefficient (Wildman–Crippen LogP) is 3.37. The quantitative estimate of drug-likeness (QED) is 0.865. The fourth-order valence-electron chi connectivity index (χ4n) is 2.98. The normalized spacial score (nSPS) is 15.8. The van der Waals surface area contributed by atoms with Crippen LogP contribution in [0.2, 0.25) is 5.02 Å². The van der Waals surface area contributed by atoms with Gasteiger partial charge in [-0.15, -0.1) is 0 Å². The molecular weight excluding hydrogens is 360 g/mol. The molecule has 0 aliphatic carbocycles. The van der Waals surface area contributed by atoms with Crippen LogP contribution < -0.4 is 5.32 Å². The fraction of sp³-hybridized carbons (Fsp3) is 0.316. The van der Waals surface area contributed by atoms with Gasteiger partial charge in [0.15, 0.2) is 0 Å². The van der Waals surface area contributed by atoms with E-state index < -0.39 is 5.82 Å². The average Bonchev–Trinajstić information content (AvgIpc) is 2.60. The Balaban J connectivity index is 1.44. The van der Waals surface area contributed by atoms with Crippen LogP contribution in [0, 0.1) is 11.6 Å². The lowest BCUT2D eigenvalue weighted by Gasteiger charge is -2.34. The highest BCUT2D eigenvalue weighted by Crippen LogP contribution is 2.19. The maximum absolute atomic E-state index is 13.3. The highest BCUT2D eigenvalue weighted by atomic mass is 35.5. The molecule has 1 saturated heterocycles. The third kappa shape index (κ3) is 5.24. The van der Waals surface area contributed by atoms with Gasteiger partial charge in [0.05, 0.1) is 11.6 Å². The Morgan fingerprint density at radius 1 is 1.04 bits per heavy atom. The fourth-order valence-corrected chi connectivity index (χ4v) is 3.16. The van der Waals surface area contributed by atoms with Crippen LogP contribution in [0.25, 0.3) is 0 Å². The van der Waals surface area contributed by atoms with E-state index in [2.05, 4.69) is 15.1 Å². The molecule has 0 radical (unpaired) electrons. The summed E-state index contributed by atoms with van der Waals surface area (Å²) in [6, 6.07) is 10.7. The van der Waals surface area contributed by atoms with Crippen LogP contribution in [-0.4, -0.2) is 48.4 Å². The van der Waals surface area contributed by atoms with Crippen LogP contribution in [0.3, 0.4) is 0 Å². The first kappa shape index (κ1) is 18.8. The molecule has 1 aliphatic rings. The van der Waals surface area contributed by atoms with Crippen molar-refractivity contribution in [1.29, 1.82) is 0 Å². The van der Waals surface area contributed by atoms with E-state index in [-0.39, 0.29) is 23.3 Å². The van der Waals surface area contributed by atoms with Crippen molar-refractivity contribution in [2.75, 3.05) is 38.0 Å². The Morgan fingerprint density at radius 3 is 2.46 bits per heavy atom. The van der Waals surface area contributed by atoms with Crippen LogP contribution in [0.4, 0.5) is 14.5 Å². The molecule has 1 heterocycles. The van der Waals surface area contributed by atoms with Crippen molar-refractivity contribution < 1.29 is 13.6 Å². The molecule has 1 fully saturated rings. The minimum Gasteiger partial charge on any atom is -0.325 e. The van der Waals surface area contributed by atoms with E-state index in [1.807, 2.05) is 6.07 Å². The first-order chi connectivity index (χ1) is 12.5. The third-order valence-corrected chi connectivity index (χ3v) is 4.62. The molecule has 0 saturated carbocycles. The van der Waals surface area contributed by atoms with Gasteiger partial charge in [-0.1, -0.05) is 23.7 Å². The van der Waals surface area contributed by atoms with Gasteiger partial charge >= 0.3 is 0 Å². The molecule has 3 rings (SSSR count). The highest BCUT2D eigenvalue weighted by molar-refractivity contribution is 6.31. The van der Waals surface area contributed by atoms with Gasteiger partial charge in [0.2, 0.25) is 5.91 Å². The number of carbonyl (C=O) groups excluding carboxylic acids is 1. The Bertz CT molecular complexity index is 779. The smallest absolute Gasteiger partial charge is 0.238 e. The van der Waals surface area contributed by atoms with E-state index in [9.17, 15) is 13.6 Å². The van der Waals surface area contributed by atoms with Crippen molar-refractivity contribution in [2.45, 2.75) is 6.54 Å². The number of rotatable bonds is 5. The summed E-state index contributed by atoms with van der Waals surface area (Å²) in [6.45, 7) is 4.10. The predicted molar refractivity (Wildman–Crippen MR) is 98.2 cm³/mol. The molecule has 1 N–H and O–H groups in total. The number of amides is 1. The van der Waals surface area contributed by atoms with Crippen molar-refractivity contribution in [3.63, 3.8) is 0 Å². The summed E-state index contributed by atoms with van der Waals surface area (Å²) < 4.78 is 26.4. The van der Waals surface area contributed by atoms with E-state index in [1.54, 1.807) is 12.1 Å². The van der Waals surface area contributed by atoms with E-state index in [0.29, 0.717) is 12.2 Å². The molecule has 0 atom stereocenters. The topological polar surface area (TPSA) is 35.6 Å². The number of hydrogen-bond donors (Lipinski definition) is 1. The Morgan fingerprint density at radius 2 is 1.77 bits per heavy atom. The number of carbonyl (C=O) groups is 1. The molecule has 138 valence electrons. The molecule has 4 nitrogen and oxygen atoms in total. The van der Waals surface area contributed by atoms with Crippen LogP contribution in [-0.2, 0) is 11.3 Å². The van der Waals surface area contributed by atoms with Crippen LogP contribution >= 0.6 is 11.6 Å². The highest BCUT2D eigenvalue weighted by Gasteiger charge is 2.19.